The van der Waals surface area contributed by atoms with E-state index in [1.807, 2.05) is 7.05 Å². The van der Waals surface area contributed by atoms with Crippen molar-refractivity contribution in [2.45, 2.75) is 50.2 Å². The Morgan fingerprint density at radius 1 is 1.33 bits per heavy atom. The van der Waals surface area contributed by atoms with E-state index in [1.165, 1.54) is 25.8 Å². The van der Waals surface area contributed by atoms with Crippen molar-refractivity contribution in [3.63, 3.8) is 0 Å². The molecule has 1 aromatic heterocycles. The first-order chi connectivity index (χ1) is 13.1. The zero-order valence-electron chi connectivity index (χ0n) is 16.1. The van der Waals surface area contributed by atoms with E-state index in [4.69, 9.17) is 14.2 Å². The summed E-state index contributed by atoms with van der Waals surface area (Å²) < 4.78 is 11.8. The summed E-state index contributed by atoms with van der Waals surface area (Å²) in [5, 5.41) is 4.25. The molecule has 146 valence electrons. The quantitative estimate of drug-likeness (QED) is 0.732. The Labute approximate surface area is 159 Å². The third-order valence-electron chi connectivity index (χ3n) is 6.78. The molecule has 5 rings (SSSR count). The molecular formula is C20H28N4O3. The van der Waals surface area contributed by atoms with Gasteiger partial charge in [0.15, 0.2) is 5.82 Å². The summed E-state index contributed by atoms with van der Waals surface area (Å²) >= 11 is 0. The number of nitrogens with zero attached hydrogens (tertiary/aromatic N) is 4. The van der Waals surface area contributed by atoms with Gasteiger partial charge in [-0.1, -0.05) is 24.2 Å². The molecular weight excluding hydrogens is 344 g/mol. The second-order valence-electron chi connectivity index (χ2n) is 8.63. The first-order valence-electron chi connectivity index (χ1n) is 10.3. The van der Waals surface area contributed by atoms with Crippen LogP contribution in [0.5, 0.6) is 0 Å². The largest absolute Gasteiger partial charge is 0.360 e. The molecule has 5 heterocycles. The van der Waals surface area contributed by atoms with Crippen LogP contribution in [-0.4, -0.2) is 70.8 Å². The lowest BCUT2D eigenvalue weighted by Crippen LogP contribution is -2.35. The van der Waals surface area contributed by atoms with E-state index >= 15 is 0 Å². The summed E-state index contributed by atoms with van der Waals surface area (Å²) in [6.07, 6.45) is 8.45. The highest BCUT2D eigenvalue weighted by atomic mass is 16.5. The van der Waals surface area contributed by atoms with E-state index < -0.39 is 5.60 Å². The van der Waals surface area contributed by atoms with Gasteiger partial charge in [-0.05, 0) is 44.8 Å². The van der Waals surface area contributed by atoms with Gasteiger partial charge in [-0.3, -0.25) is 4.79 Å². The number of aromatic nitrogens is 2. The standard InChI is InChI=1S/C20H28N4O3/c1-3-8-24-9-5-13(6-10-24)11-15-21-18(27-22-15)16-14-4-7-20(26-14)12-23(2)19(25)17(16)20/h4,7,13-14,16-17H,3,5-6,8-12H2,1-2H3/t14-,16-,17+,20-/m1/s1. The van der Waals surface area contributed by atoms with Gasteiger partial charge >= 0.3 is 0 Å². The number of hydrogen-bond donors (Lipinski definition) is 0. The molecule has 1 spiro atoms. The maximum Gasteiger partial charge on any atom is 0.233 e. The lowest BCUT2D eigenvalue weighted by atomic mass is 9.77. The third-order valence-corrected chi connectivity index (χ3v) is 6.78. The molecule has 0 unspecified atom stereocenters. The number of ether oxygens (including phenoxy) is 1. The summed E-state index contributed by atoms with van der Waals surface area (Å²) in [5.74, 6) is 1.69. The van der Waals surface area contributed by atoms with Crippen LogP contribution >= 0.6 is 0 Å². The number of carbonyl (C=O) groups is 1. The Morgan fingerprint density at radius 2 is 2.15 bits per heavy atom. The first-order valence-corrected chi connectivity index (χ1v) is 10.3. The molecule has 3 saturated heterocycles. The average molecular weight is 372 g/mol. The molecule has 0 N–H and O–H groups in total. The fourth-order valence-corrected chi connectivity index (χ4v) is 5.45. The highest BCUT2D eigenvalue weighted by Crippen LogP contribution is 2.55. The lowest BCUT2D eigenvalue weighted by Gasteiger charge is -2.31. The Balaban J connectivity index is 1.28. The normalized spacial score (nSPS) is 36.1. The van der Waals surface area contributed by atoms with Gasteiger partial charge in [0.2, 0.25) is 11.8 Å². The van der Waals surface area contributed by atoms with Crippen LogP contribution in [-0.2, 0) is 16.0 Å². The Kier molecular flexibility index (Phi) is 4.13. The molecule has 0 radical (unpaired) electrons. The molecule has 0 aliphatic carbocycles. The topological polar surface area (TPSA) is 71.7 Å². The fraction of sp³-hybridized carbons (Fsp3) is 0.750. The average Bonchev–Trinajstić information content (AvgIpc) is 3.39. The predicted octanol–water partition coefficient (Wildman–Crippen LogP) is 1.61. The zero-order chi connectivity index (χ0) is 18.6. The minimum Gasteiger partial charge on any atom is -0.360 e. The van der Waals surface area contributed by atoms with Gasteiger partial charge < -0.3 is 19.1 Å². The summed E-state index contributed by atoms with van der Waals surface area (Å²) in [6.45, 7) is 6.37. The van der Waals surface area contributed by atoms with E-state index in [9.17, 15) is 4.79 Å². The maximum atomic E-state index is 12.7. The highest BCUT2D eigenvalue weighted by Gasteiger charge is 2.66. The number of rotatable bonds is 5. The summed E-state index contributed by atoms with van der Waals surface area (Å²) in [5.41, 5.74) is -0.498. The summed E-state index contributed by atoms with van der Waals surface area (Å²) in [7, 11) is 1.83. The van der Waals surface area contributed by atoms with Gasteiger partial charge in [0.25, 0.3) is 0 Å². The van der Waals surface area contributed by atoms with E-state index in [0.29, 0.717) is 18.4 Å². The van der Waals surface area contributed by atoms with E-state index in [1.54, 1.807) is 4.90 Å². The van der Waals surface area contributed by atoms with Gasteiger partial charge in [-0.2, -0.15) is 4.98 Å². The maximum absolute atomic E-state index is 12.7. The van der Waals surface area contributed by atoms with Crippen LogP contribution in [0.2, 0.25) is 0 Å². The molecule has 27 heavy (non-hydrogen) atoms. The zero-order valence-corrected chi connectivity index (χ0v) is 16.1. The summed E-state index contributed by atoms with van der Waals surface area (Å²) in [4.78, 5) is 21.7. The van der Waals surface area contributed by atoms with Crippen molar-refractivity contribution in [2.24, 2.45) is 11.8 Å². The van der Waals surface area contributed by atoms with Crippen LogP contribution in [0.15, 0.2) is 16.7 Å². The number of likely N-dealkylation sites (N-methyl/N-ethyl adjacent to an activating group) is 1. The van der Waals surface area contributed by atoms with Crippen molar-refractivity contribution < 1.29 is 14.1 Å². The van der Waals surface area contributed by atoms with Crippen LogP contribution in [0.3, 0.4) is 0 Å². The number of likely N-dealkylation sites (tertiary alicyclic amines) is 2. The van der Waals surface area contributed by atoms with Crippen LogP contribution in [0.25, 0.3) is 0 Å². The Bertz CT molecular complexity index is 754. The van der Waals surface area contributed by atoms with Crippen molar-refractivity contribution in [3.8, 4) is 0 Å². The molecule has 7 heteroatoms. The minimum absolute atomic E-state index is 0.120. The van der Waals surface area contributed by atoms with E-state index in [0.717, 1.165) is 25.3 Å². The van der Waals surface area contributed by atoms with Crippen molar-refractivity contribution in [1.29, 1.82) is 0 Å². The monoisotopic (exact) mass is 372 g/mol. The van der Waals surface area contributed by atoms with Crippen molar-refractivity contribution in [3.05, 3.63) is 23.9 Å². The highest BCUT2D eigenvalue weighted by molar-refractivity contribution is 5.85. The number of fused-ring (bicyclic) bond motifs is 1. The number of hydrogen-bond acceptors (Lipinski definition) is 6. The SMILES string of the molecule is CCCN1CCC(Cc2noc([C@H]3[C@H]4C(=O)N(C)C[C@]45C=C[C@H]3O5)n2)CC1. The second kappa shape index (κ2) is 6.41. The minimum atomic E-state index is -0.498. The molecule has 0 saturated carbocycles. The Morgan fingerprint density at radius 3 is 2.93 bits per heavy atom. The molecule has 4 aliphatic heterocycles. The van der Waals surface area contributed by atoms with Crippen LogP contribution in [0, 0.1) is 11.8 Å². The number of carbonyl (C=O) groups excluding carboxylic acids is 1. The van der Waals surface area contributed by atoms with Gasteiger partial charge in [0.1, 0.15) is 5.60 Å². The number of amides is 1. The first kappa shape index (κ1) is 17.4. The molecule has 1 amide bonds. The molecule has 2 bridgehead atoms. The molecule has 0 aromatic carbocycles. The smallest absolute Gasteiger partial charge is 0.233 e. The molecule has 3 fully saturated rings. The number of piperidine rings is 1. The molecule has 7 nitrogen and oxygen atoms in total. The van der Waals surface area contributed by atoms with Gasteiger partial charge in [0.05, 0.1) is 24.5 Å². The van der Waals surface area contributed by atoms with Crippen LogP contribution in [0.4, 0.5) is 0 Å². The van der Waals surface area contributed by atoms with Crippen LogP contribution in [0.1, 0.15) is 43.8 Å². The summed E-state index contributed by atoms with van der Waals surface area (Å²) in [6, 6.07) is 0. The fourth-order valence-electron chi connectivity index (χ4n) is 5.45. The van der Waals surface area contributed by atoms with E-state index in [2.05, 4.69) is 29.1 Å². The molecule has 4 atom stereocenters. The van der Waals surface area contributed by atoms with Crippen molar-refractivity contribution in [2.75, 3.05) is 33.2 Å². The van der Waals surface area contributed by atoms with Crippen molar-refractivity contribution in [1.82, 2.24) is 19.9 Å². The molecule has 4 aliphatic rings. The lowest BCUT2D eigenvalue weighted by molar-refractivity contribution is -0.130. The van der Waals surface area contributed by atoms with Gasteiger partial charge in [-0.15, -0.1) is 0 Å². The van der Waals surface area contributed by atoms with E-state index in [-0.39, 0.29) is 23.8 Å². The van der Waals surface area contributed by atoms with Gasteiger partial charge in [0, 0.05) is 13.5 Å². The second-order valence-corrected chi connectivity index (χ2v) is 8.63. The molecule has 1 aromatic rings. The van der Waals surface area contributed by atoms with Crippen molar-refractivity contribution >= 4 is 5.91 Å². The Hall–Kier alpha value is -1.73. The third kappa shape index (κ3) is 2.74. The van der Waals surface area contributed by atoms with Gasteiger partial charge in [-0.25, -0.2) is 0 Å². The predicted molar refractivity (Wildman–Crippen MR) is 98.1 cm³/mol. The van der Waals surface area contributed by atoms with Crippen LogP contribution < -0.4 is 0 Å².